The number of aryl methyl sites for hydroxylation is 1. The number of likely N-dealkylation sites (tertiary alicyclic amines) is 2. The zero-order chi connectivity index (χ0) is 52.0. The third-order valence-corrected chi connectivity index (χ3v) is 17.1. The highest BCUT2D eigenvalue weighted by Crippen LogP contribution is 2.57. The fourth-order valence-corrected chi connectivity index (χ4v) is 13.0. The van der Waals surface area contributed by atoms with Crippen molar-refractivity contribution in [3.8, 4) is 22.6 Å². The van der Waals surface area contributed by atoms with Crippen molar-refractivity contribution in [1.29, 1.82) is 0 Å². The van der Waals surface area contributed by atoms with E-state index in [0.717, 1.165) is 106 Å². The zero-order valence-electron chi connectivity index (χ0n) is 41.6. The Bertz CT molecular complexity index is 2970. The lowest BCUT2D eigenvalue weighted by atomic mass is 9.77. The second kappa shape index (κ2) is 21.4. The Labute approximate surface area is 438 Å². The van der Waals surface area contributed by atoms with E-state index in [-0.39, 0.29) is 78.1 Å². The minimum absolute atomic E-state index is 0.0529. The number of nitrogens with one attached hydrogen (secondary N) is 2. The van der Waals surface area contributed by atoms with Gasteiger partial charge in [-0.25, -0.2) is 13.6 Å². The molecule has 392 valence electrons. The van der Waals surface area contributed by atoms with Gasteiger partial charge in [0.25, 0.3) is 0 Å². The van der Waals surface area contributed by atoms with E-state index in [0.29, 0.717) is 34.8 Å². The van der Waals surface area contributed by atoms with Crippen molar-refractivity contribution in [2.24, 2.45) is 24.6 Å². The average Bonchev–Trinajstić information content (AvgIpc) is 3.89. The molecule has 5 heterocycles. The van der Waals surface area contributed by atoms with Gasteiger partial charge in [-0.3, -0.25) is 29.3 Å². The highest BCUT2D eigenvalue weighted by Gasteiger charge is 2.50. The van der Waals surface area contributed by atoms with E-state index < -0.39 is 40.1 Å². The van der Waals surface area contributed by atoms with Crippen molar-refractivity contribution in [1.82, 2.24) is 30.2 Å². The maximum atomic E-state index is 16.5. The number of halogens is 4. The molecule has 74 heavy (non-hydrogen) atoms. The van der Waals surface area contributed by atoms with Crippen molar-refractivity contribution < 1.29 is 42.5 Å². The van der Waals surface area contributed by atoms with E-state index in [4.69, 9.17) is 38.4 Å². The molecule has 1 saturated carbocycles. The molecule has 0 spiro atoms. The van der Waals surface area contributed by atoms with Crippen LogP contribution in [0.3, 0.4) is 0 Å². The molecule has 5 aromatic rings. The highest BCUT2D eigenvalue weighted by molar-refractivity contribution is 6.36. The van der Waals surface area contributed by atoms with Crippen molar-refractivity contribution in [3.63, 3.8) is 0 Å². The highest BCUT2D eigenvalue weighted by atomic mass is 35.5. The number of fused-ring (bicyclic) bond motifs is 2. The number of amides is 5. The van der Waals surface area contributed by atoms with Crippen LogP contribution in [0.5, 0.6) is 11.5 Å². The summed E-state index contributed by atoms with van der Waals surface area (Å²) in [7, 11) is 1.83. The largest absolute Gasteiger partial charge is 0.488 e. The number of carbonyl (C=O) groups excluding carboxylic acids is 4. The molecule has 5 amide bonds. The summed E-state index contributed by atoms with van der Waals surface area (Å²) in [6.45, 7) is 6.31. The second-order valence-corrected chi connectivity index (χ2v) is 21.4. The number of hydrogen-bond donors (Lipinski definition) is 4. The molecule has 5 aliphatic rings. The van der Waals surface area contributed by atoms with Gasteiger partial charge in [-0.2, -0.15) is 5.10 Å². The molecule has 19 heteroatoms. The number of rotatable bonds is 14. The second-order valence-electron chi connectivity index (χ2n) is 20.6. The van der Waals surface area contributed by atoms with Crippen LogP contribution in [0.15, 0.2) is 60.7 Å². The third-order valence-electron chi connectivity index (χ3n) is 16.3. The van der Waals surface area contributed by atoms with Gasteiger partial charge in [-0.1, -0.05) is 66.5 Å². The first-order valence-corrected chi connectivity index (χ1v) is 26.6. The molecule has 4 fully saturated rings. The van der Waals surface area contributed by atoms with Gasteiger partial charge in [0.15, 0.2) is 23.0 Å². The number of primary amides is 1. The number of carbonyl (C=O) groups is 4. The molecule has 0 radical (unpaired) electrons. The molecule has 3 saturated heterocycles. The molecular weight excluding hydrogens is 994 g/mol. The van der Waals surface area contributed by atoms with Crippen molar-refractivity contribution in [2.75, 3.05) is 63.9 Å². The summed E-state index contributed by atoms with van der Waals surface area (Å²) < 4.78 is 46.4. The van der Waals surface area contributed by atoms with Gasteiger partial charge in [0.05, 0.1) is 27.7 Å². The fourth-order valence-electron chi connectivity index (χ4n) is 12.3. The summed E-state index contributed by atoms with van der Waals surface area (Å²) in [6.07, 6.45) is 7.13. The Balaban J connectivity index is 0.735. The van der Waals surface area contributed by atoms with E-state index >= 15 is 8.78 Å². The first-order chi connectivity index (χ1) is 35.7. The van der Waals surface area contributed by atoms with Crippen LogP contribution < -0.4 is 30.7 Å². The lowest BCUT2D eigenvalue weighted by Gasteiger charge is -2.40. The van der Waals surface area contributed by atoms with Crippen LogP contribution in [0, 0.1) is 23.5 Å². The molecule has 1 aliphatic carbocycles. The Morgan fingerprint density at radius 1 is 0.932 bits per heavy atom. The van der Waals surface area contributed by atoms with Crippen LogP contribution in [0.2, 0.25) is 10.0 Å². The quantitative estimate of drug-likeness (QED) is 0.0843. The van der Waals surface area contributed by atoms with E-state index in [9.17, 15) is 24.3 Å². The topological polar surface area (TPSA) is 185 Å². The number of anilines is 1. The van der Waals surface area contributed by atoms with Gasteiger partial charge in [0, 0.05) is 92.2 Å². The number of nitrogens with zero attached hydrogens (tertiary/aromatic N) is 5. The predicted molar refractivity (Wildman–Crippen MR) is 278 cm³/mol. The number of urea groups is 1. The lowest BCUT2D eigenvalue weighted by molar-refractivity contribution is -0.138. The SMILES string of the molecule is CC1c2c(cc(F)c(Cl)c2-c2c(C(N)=O)ccc(OCCO)c2F)OC1(CNC1CCC(C(=O)N2CCC(CN3CCC(c4ccc5c(N6CCC(=O)NC6=O)nn(C)c5c4Cl)CC3)CC2)CC1)c1ccccc1. The minimum Gasteiger partial charge on any atom is -0.488 e. The fraction of sp³-hybridized carbons (Fsp3) is 0.473. The van der Waals surface area contributed by atoms with E-state index in [2.05, 4.69) is 31.6 Å². The maximum absolute atomic E-state index is 16.5. The Hall–Kier alpha value is -5.85. The number of piperidine rings is 2. The molecule has 1 aromatic heterocycles. The van der Waals surface area contributed by atoms with Crippen molar-refractivity contribution in [2.45, 2.75) is 88.2 Å². The molecule has 0 bridgehead atoms. The van der Waals surface area contributed by atoms with Crippen LogP contribution in [0.25, 0.3) is 22.0 Å². The van der Waals surface area contributed by atoms with Gasteiger partial charge >= 0.3 is 6.03 Å². The number of benzene rings is 4. The Kier molecular flexibility index (Phi) is 14.9. The molecule has 10 rings (SSSR count). The van der Waals surface area contributed by atoms with Gasteiger partial charge in [-0.15, -0.1) is 0 Å². The van der Waals surface area contributed by atoms with Crippen molar-refractivity contribution in [3.05, 3.63) is 105 Å². The average molecular weight is 1060 g/mol. The number of aliphatic hydroxyl groups excluding tert-OH is 1. The summed E-state index contributed by atoms with van der Waals surface area (Å²) in [5.41, 5.74) is 7.17. The number of nitrogens with two attached hydrogens (primary N) is 1. The standard InChI is InChI=1S/C55H62Cl2F2N8O7/c1-31-44-42(28-40(58)48(57)46(44)45-38(51(60)70)14-15-41(49(45)59)73-27-26-68)74-55(31,35-6-4-3-5-7-35)30-61-36-10-8-34(9-11-36)53(71)66-23-16-32(17-24-66)29-65-21-18-33(19-22-65)37-12-13-39-50(47(37)56)64(2)63-52(39)67-25-20-43(69)62-54(67)72/h3-7,12-15,28,31-34,36,61,68H,8-11,16-27,29-30H2,1-2H3,(H2,60,70)(H,62,69,72). The van der Waals surface area contributed by atoms with Gasteiger partial charge in [0.1, 0.15) is 18.2 Å². The first kappa shape index (κ1) is 51.6. The van der Waals surface area contributed by atoms with Crippen molar-refractivity contribution >= 4 is 63.7 Å². The normalized spacial score (nSPS) is 23.0. The van der Waals surface area contributed by atoms with Crippen LogP contribution in [0.4, 0.5) is 19.4 Å². The Morgan fingerprint density at radius 3 is 2.35 bits per heavy atom. The lowest BCUT2D eigenvalue weighted by Crippen LogP contribution is -2.49. The third kappa shape index (κ3) is 9.70. The summed E-state index contributed by atoms with van der Waals surface area (Å²) >= 11 is 13.8. The summed E-state index contributed by atoms with van der Waals surface area (Å²) in [6, 6.07) is 17.0. The number of ether oxygens (including phenoxy) is 2. The number of aromatic nitrogens is 2. The molecular formula is C55H62Cl2F2N8O7. The van der Waals surface area contributed by atoms with Crippen LogP contribution in [-0.4, -0.2) is 114 Å². The van der Waals surface area contributed by atoms with Crippen LogP contribution in [-0.2, 0) is 22.2 Å². The van der Waals surface area contributed by atoms with Crippen LogP contribution >= 0.6 is 23.2 Å². The molecule has 4 aliphatic heterocycles. The van der Waals surface area contributed by atoms with E-state index in [1.165, 1.54) is 23.1 Å². The Morgan fingerprint density at radius 2 is 1.66 bits per heavy atom. The number of aliphatic hydroxyl groups is 1. The number of hydrogen-bond acceptors (Lipinski definition) is 10. The van der Waals surface area contributed by atoms with Gasteiger partial charge < -0.3 is 35.4 Å². The first-order valence-electron chi connectivity index (χ1n) is 25.8. The van der Waals surface area contributed by atoms with Crippen LogP contribution in [0.1, 0.15) is 104 Å². The summed E-state index contributed by atoms with van der Waals surface area (Å²) in [4.78, 5) is 57.3. The predicted octanol–water partition coefficient (Wildman–Crippen LogP) is 8.40. The number of imide groups is 1. The van der Waals surface area contributed by atoms with Gasteiger partial charge in [-0.05, 0) is 106 Å². The van der Waals surface area contributed by atoms with E-state index in [1.54, 1.807) is 4.68 Å². The molecule has 5 N–H and O–H groups in total. The summed E-state index contributed by atoms with van der Waals surface area (Å²) in [5.74, 6) is -2.24. The molecule has 2 unspecified atom stereocenters. The smallest absolute Gasteiger partial charge is 0.329 e. The molecule has 15 nitrogen and oxygen atoms in total. The molecule has 4 aromatic carbocycles. The maximum Gasteiger partial charge on any atom is 0.329 e. The zero-order valence-corrected chi connectivity index (χ0v) is 43.1. The summed E-state index contributed by atoms with van der Waals surface area (Å²) in [5, 5.41) is 21.2. The molecule has 2 atom stereocenters. The monoisotopic (exact) mass is 1050 g/mol. The van der Waals surface area contributed by atoms with E-state index in [1.807, 2.05) is 50.4 Å². The van der Waals surface area contributed by atoms with Gasteiger partial charge in [0.2, 0.25) is 17.7 Å². The minimum atomic E-state index is -1.11.